The fourth-order valence-corrected chi connectivity index (χ4v) is 3.52. The van der Waals surface area contributed by atoms with Crippen molar-refractivity contribution in [2.75, 3.05) is 26.9 Å². The van der Waals surface area contributed by atoms with E-state index in [9.17, 15) is 24.0 Å². The molecule has 0 aromatic heterocycles. The number of amides is 5. The van der Waals surface area contributed by atoms with Crippen molar-refractivity contribution < 1.29 is 38.2 Å². The molecule has 1 saturated heterocycles. The molecule has 182 valence electrons. The molecule has 1 fully saturated rings. The predicted octanol–water partition coefficient (Wildman–Crippen LogP) is 0.740. The van der Waals surface area contributed by atoms with Gasteiger partial charge in [0.2, 0.25) is 0 Å². The topological polar surface area (TPSA) is 152 Å². The van der Waals surface area contributed by atoms with Gasteiger partial charge < -0.3 is 30.2 Å². The monoisotopic (exact) mass is 474 g/mol. The van der Waals surface area contributed by atoms with Crippen LogP contribution in [0.2, 0.25) is 0 Å². The van der Waals surface area contributed by atoms with Crippen molar-refractivity contribution in [1.82, 2.24) is 20.9 Å². The van der Waals surface area contributed by atoms with Gasteiger partial charge in [-0.1, -0.05) is 12.1 Å². The van der Waals surface area contributed by atoms with Crippen LogP contribution in [0.1, 0.15) is 32.4 Å². The number of rotatable bonds is 8. The lowest BCUT2D eigenvalue weighted by Gasteiger charge is -2.29. The average molecular weight is 474 g/mol. The third kappa shape index (κ3) is 5.11. The summed E-state index contributed by atoms with van der Waals surface area (Å²) in [5, 5.41) is 7.60. The van der Waals surface area contributed by atoms with E-state index in [2.05, 4.69) is 16.0 Å². The van der Waals surface area contributed by atoms with Gasteiger partial charge >= 0.3 is 24.0 Å². The molecule has 0 aliphatic carbocycles. The van der Waals surface area contributed by atoms with E-state index in [-0.39, 0.29) is 17.9 Å². The maximum atomic E-state index is 12.8. The largest absolute Gasteiger partial charge is 0.497 e. The predicted molar refractivity (Wildman–Crippen MR) is 116 cm³/mol. The van der Waals surface area contributed by atoms with Gasteiger partial charge in [0, 0.05) is 0 Å². The van der Waals surface area contributed by atoms with E-state index in [0.717, 1.165) is 4.90 Å². The number of hydrogen-bond donors (Lipinski definition) is 3. The summed E-state index contributed by atoms with van der Waals surface area (Å²) in [5.41, 5.74) is -0.487. The van der Waals surface area contributed by atoms with E-state index in [1.54, 1.807) is 31.2 Å². The van der Waals surface area contributed by atoms with E-state index >= 15 is 0 Å². The molecule has 2 aliphatic heterocycles. The Bertz CT molecular complexity index is 1050. The molecule has 1 unspecified atom stereocenters. The SMILES string of the molecule is CCOC(=O)C1=C(COC(=O)CN2C(=O)NC(C)(C)C2=O)NC(=O)NC1c1ccc(OC)cc1. The lowest BCUT2D eigenvalue weighted by atomic mass is 9.95. The summed E-state index contributed by atoms with van der Waals surface area (Å²) in [6.07, 6.45) is 0. The summed E-state index contributed by atoms with van der Waals surface area (Å²) in [6, 6.07) is 4.49. The highest BCUT2D eigenvalue weighted by Gasteiger charge is 2.45. The van der Waals surface area contributed by atoms with E-state index in [0.29, 0.717) is 11.3 Å². The number of carbonyl (C=O) groups excluding carboxylic acids is 5. The Morgan fingerprint density at radius 3 is 2.32 bits per heavy atom. The van der Waals surface area contributed by atoms with Crippen molar-refractivity contribution in [3.8, 4) is 5.75 Å². The Morgan fingerprint density at radius 2 is 1.76 bits per heavy atom. The third-order valence-corrected chi connectivity index (χ3v) is 5.21. The normalized spacial score (nSPS) is 19.2. The highest BCUT2D eigenvalue weighted by Crippen LogP contribution is 2.29. The Labute approximate surface area is 195 Å². The fraction of sp³-hybridized carbons (Fsp3) is 0.409. The number of urea groups is 2. The summed E-state index contributed by atoms with van der Waals surface area (Å²) in [7, 11) is 1.51. The van der Waals surface area contributed by atoms with Crippen molar-refractivity contribution in [3.05, 3.63) is 41.1 Å². The molecule has 0 saturated carbocycles. The van der Waals surface area contributed by atoms with Crippen LogP contribution in [0.15, 0.2) is 35.5 Å². The molecule has 0 bridgehead atoms. The van der Waals surface area contributed by atoms with Gasteiger partial charge in [0.05, 0.1) is 31.0 Å². The van der Waals surface area contributed by atoms with Crippen molar-refractivity contribution in [2.45, 2.75) is 32.4 Å². The van der Waals surface area contributed by atoms with Gasteiger partial charge in [0.25, 0.3) is 5.91 Å². The zero-order chi connectivity index (χ0) is 25.0. The minimum atomic E-state index is -1.13. The Balaban J connectivity index is 1.82. The molecule has 12 heteroatoms. The van der Waals surface area contributed by atoms with Crippen LogP contribution in [-0.4, -0.2) is 67.2 Å². The standard InChI is InChI=1S/C22H26N4O8/c1-5-33-18(28)16-14(11-34-15(27)10-26-19(29)22(2,3)25-21(26)31)23-20(30)24-17(16)12-6-8-13(32-4)9-7-12/h6-9,17H,5,10-11H2,1-4H3,(H,25,31)(H2,23,24,30). The van der Waals surface area contributed by atoms with E-state index in [1.165, 1.54) is 21.0 Å². The van der Waals surface area contributed by atoms with E-state index in [4.69, 9.17) is 14.2 Å². The van der Waals surface area contributed by atoms with Crippen LogP contribution in [0.5, 0.6) is 5.75 Å². The number of imide groups is 1. The zero-order valence-corrected chi connectivity index (χ0v) is 19.2. The van der Waals surface area contributed by atoms with Crippen molar-refractivity contribution in [1.29, 1.82) is 0 Å². The molecule has 0 spiro atoms. The summed E-state index contributed by atoms with van der Waals surface area (Å²) >= 11 is 0. The molecule has 2 aliphatic rings. The first-order valence-corrected chi connectivity index (χ1v) is 10.5. The van der Waals surface area contributed by atoms with Gasteiger partial charge in [-0.3, -0.25) is 14.5 Å². The van der Waals surface area contributed by atoms with Gasteiger partial charge in [-0.25, -0.2) is 14.4 Å². The highest BCUT2D eigenvalue weighted by molar-refractivity contribution is 6.08. The number of benzene rings is 1. The molecule has 3 N–H and O–H groups in total. The molecule has 5 amide bonds. The Morgan fingerprint density at radius 1 is 1.09 bits per heavy atom. The average Bonchev–Trinajstić information content (AvgIpc) is 2.98. The summed E-state index contributed by atoms with van der Waals surface area (Å²) in [4.78, 5) is 62.4. The zero-order valence-electron chi connectivity index (χ0n) is 19.2. The van der Waals surface area contributed by atoms with Crippen LogP contribution in [0.4, 0.5) is 9.59 Å². The first kappa shape index (κ1) is 24.6. The van der Waals surface area contributed by atoms with Crippen molar-refractivity contribution in [2.24, 2.45) is 0 Å². The summed E-state index contributed by atoms with van der Waals surface area (Å²) in [6.45, 7) is 3.64. The molecule has 3 rings (SSSR count). The van der Waals surface area contributed by atoms with Gasteiger partial charge in [0.1, 0.15) is 24.4 Å². The number of esters is 2. The molecular formula is C22H26N4O8. The van der Waals surface area contributed by atoms with Crippen LogP contribution < -0.4 is 20.7 Å². The molecule has 1 aromatic rings. The second kappa shape index (κ2) is 9.81. The molecule has 1 atom stereocenters. The molecular weight excluding hydrogens is 448 g/mol. The molecule has 0 radical (unpaired) electrons. The van der Waals surface area contributed by atoms with Gasteiger partial charge in [0.15, 0.2) is 0 Å². The highest BCUT2D eigenvalue weighted by atomic mass is 16.5. The second-order valence-electron chi connectivity index (χ2n) is 8.02. The third-order valence-electron chi connectivity index (χ3n) is 5.21. The van der Waals surface area contributed by atoms with Crippen LogP contribution in [-0.2, 0) is 23.9 Å². The summed E-state index contributed by atoms with van der Waals surface area (Å²) in [5.74, 6) is -1.59. The number of nitrogens with one attached hydrogen (secondary N) is 3. The maximum Gasteiger partial charge on any atom is 0.338 e. The van der Waals surface area contributed by atoms with Crippen LogP contribution in [0, 0.1) is 0 Å². The number of nitrogens with zero attached hydrogens (tertiary/aromatic N) is 1. The van der Waals surface area contributed by atoms with Crippen LogP contribution in [0.25, 0.3) is 0 Å². The number of carbonyl (C=O) groups is 5. The molecule has 1 aromatic carbocycles. The van der Waals surface area contributed by atoms with E-state index in [1.807, 2.05) is 0 Å². The van der Waals surface area contributed by atoms with Gasteiger partial charge in [-0.2, -0.15) is 0 Å². The fourth-order valence-electron chi connectivity index (χ4n) is 3.52. The smallest absolute Gasteiger partial charge is 0.338 e. The number of methoxy groups -OCH3 is 1. The Hall–Kier alpha value is -4.09. The second-order valence-corrected chi connectivity index (χ2v) is 8.02. The Kier molecular flexibility index (Phi) is 7.08. The van der Waals surface area contributed by atoms with Gasteiger partial charge in [-0.15, -0.1) is 0 Å². The van der Waals surface area contributed by atoms with Crippen LogP contribution >= 0.6 is 0 Å². The molecule has 34 heavy (non-hydrogen) atoms. The maximum absolute atomic E-state index is 12.8. The number of ether oxygens (including phenoxy) is 3. The quantitative estimate of drug-likeness (QED) is 0.368. The molecule has 2 heterocycles. The summed E-state index contributed by atoms with van der Waals surface area (Å²) < 4.78 is 15.5. The number of hydrogen-bond acceptors (Lipinski definition) is 8. The van der Waals surface area contributed by atoms with E-state index < -0.39 is 54.6 Å². The first-order valence-electron chi connectivity index (χ1n) is 10.5. The van der Waals surface area contributed by atoms with Crippen molar-refractivity contribution in [3.63, 3.8) is 0 Å². The minimum absolute atomic E-state index is 0.0221. The van der Waals surface area contributed by atoms with Crippen molar-refractivity contribution >= 4 is 29.9 Å². The van der Waals surface area contributed by atoms with Crippen LogP contribution in [0.3, 0.4) is 0 Å². The lowest BCUT2D eigenvalue weighted by Crippen LogP contribution is -2.47. The first-order chi connectivity index (χ1) is 16.1. The van der Waals surface area contributed by atoms with Gasteiger partial charge in [-0.05, 0) is 38.5 Å². The lowest BCUT2D eigenvalue weighted by molar-refractivity contribution is -0.147. The molecule has 12 nitrogen and oxygen atoms in total. The minimum Gasteiger partial charge on any atom is -0.497 e.